The van der Waals surface area contributed by atoms with Gasteiger partial charge in [0.2, 0.25) is 0 Å². The lowest BCUT2D eigenvalue weighted by atomic mass is 10.0. The highest BCUT2D eigenvalue weighted by molar-refractivity contribution is 5.92. The van der Waals surface area contributed by atoms with Crippen LogP contribution in [0.2, 0.25) is 0 Å². The number of H-pyrrole nitrogens is 1. The Labute approximate surface area is 188 Å². The monoisotopic (exact) mass is 439 g/mol. The van der Waals surface area contributed by atoms with Gasteiger partial charge in [0.25, 0.3) is 5.56 Å². The lowest BCUT2D eigenvalue weighted by molar-refractivity contribution is 0.409. The number of aromatic amines is 1. The molecule has 0 atom stereocenters. The van der Waals surface area contributed by atoms with E-state index in [1.807, 2.05) is 0 Å². The zero-order valence-electron chi connectivity index (χ0n) is 19.2. The summed E-state index contributed by atoms with van der Waals surface area (Å²) in [5.41, 5.74) is 1.38. The number of aromatic hydroxyl groups is 2. The number of hydrogen-bond donors (Lipinski definition) is 3. The maximum atomic E-state index is 12.8. The average Bonchev–Trinajstić information content (AvgIpc) is 2.78. The van der Waals surface area contributed by atoms with E-state index in [2.05, 4.69) is 18.8 Å². The molecule has 6 heteroatoms. The molecule has 1 aromatic heterocycles. The van der Waals surface area contributed by atoms with Crippen LogP contribution >= 0.6 is 0 Å². The third-order valence-electron chi connectivity index (χ3n) is 5.71. The van der Waals surface area contributed by atoms with Crippen LogP contribution in [0.1, 0.15) is 63.5 Å². The summed E-state index contributed by atoms with van der Waals surface area (Å²) < 4.78 is 11.7. The van der Waals surface area contributed by atoms with Crippen molar-refractivity contribution >= 4 is 10.9 Å². The van der Waals surface area contributed by atoms with Gasteiger partial charge in [0.1, 0.15) is 23.0 Å². The summed E-state index contributed by atoms with van der Waals surface area (Å²) in [5.74, 6) is 1.65. The quantitative estimate of drug-likeness (QED) is 0.309. The molecule has 0 spiro atoms. The van der Waals surface area contributed by atoms with Gasteiger partial charge in [0.05, 0.1) is 18.2 Å². The number of unbranched alkanes of at least 4 members (excludes halogenated alkanes) is 4. The maximum Gasteiger partial charge on any atom is 0.255 e. The first-order chi connectivity index (χ1) is 15.5. The summed E-state index contributed by atoms with van der Waals surface area (Å²) in [7, 11) is 1.55. The van der Waals surface area contributed by atoms with Crippen LogP contribution in [0.5, 0.6) is 28.7 Å². The summed E-state index contributed by atoms with van der Waals surface area (Å²) in [4.78, 5) is 15.7. The minimum absolute atomic E-state index is 0.0301. The number of methoxy groups -OCH3 is 1. The smallest absolute Gasteiger partial charge is 0.255 e. The van der Waals surface area contributed by atoms with Gasteiger partial charge < -0.3 is 24.7 Å². The van der Waals surface area contributed by atoms with Crippen molar-refractivity contribution in [3.8, 4) is 28.7 Å². The molecule has 3 N–H and O–H groups in total. The van der Waals surface area contributed by atoms with Gasteiger partial charge in [-0.2, -0.15) is 0 Å². The average molecular weight is 440 g/mol. The van der Waals surface area contributed by atoms with Crippen LogP contribution in [0.3, 0.4) is 0 Å². The Morgan fingerprint density at radius 2 is 1.62 bits per heavy atom. The summed E-state index contributed by atoms with van der Waals surface area (Å²) in [6.07, 6.45) is 7.29. The molecule has 0 aliphatic rings. The number of nitrogens with one attached hydrogen (secondary N) is 1. The normalized spacial score (nSPS) is 11.1. The predicted octanol–water partition coefficient (Wildman–Crippen LogP) is 6.21. The molecule has 1 heterocycles. The van der Waals surface area contributed by atoms with Gasteiger partial charge in [0.15, 0.2) is 5.75 Å². The topological polar surface area (TPSA) is 91.8 Å². The van der Waals surface area contributed by atoms with E-state index in [1.165, 1.54) is 0 Å². The summed E-state index contributed by atoms with van der Waals surface area (Å²) >= 11 is 0. The number of fused-ring (bicyclic) bond motifs is 1. The van der Waals surface area contributed by atoms with Crippen molar-refractivity contribution in [1.29, 1.82) is 0 Å². The van der Waals surface area contributed by atoms with Crippen molar-refractivity contribution in [3.05, 3.63) is 51.8 Å². The predicted molar refractivity (Wildman–Crippen MR) is 127 cm³/mol. The third kappa shape index (κ3) is 5.36. The molecule has 2 aromatic carbocycles. The number of benzene rings is 2. The highest BCUT2D eigenvalue weighted by atomic mass is 16.5. The van der Waals surface area contributed by atoms with Gasteiger partial charge in [-0.15, -0.1) is 0 Å². The van der Waals surface area contributed by atoms with E-state index in [0.717, 1.165) is 50.5 Å². The van der Waals surface area contributed by atoms with Crippen LogP contribution in [-0.4, -0.2) is 22.3 Å². The van der Waals surface area contributed by atoms with Gasteiger partial charge in [-0.05, 0) is 55.5 Å². The van der Waals surface area contributed by atoms with Crippen LogP contribution in [0.4, 0.5) is 0 Å². The Morgan fingerprint density at radius 3 is 2.31 bits per heavy atom. The zero-order valence-corrected chi connectivity index (χ0v) is 19.2. The fourth-order valence-corrected chi connectivity index (χ4v) is 3.89. The van der Waals surface area contributed by atoms with Gasteiger partial charge in [0, 0.05) is 11.5 Å². The SMILES string of the molecule is CCCCCc1cc(O)ccc1Oc1cc(OC)cc2c(O)c(CCCCC)c(=O)[nH]c12. The molecule has 3 rings (SSSR count). The maximum absolute atomic E-state index is 12.8. The molecule has 0 saturated carbocycles. The fraction of sp³-hybridized carbons (Fsp3) is 0.423. The van der Waals surface area contributed by atoms with E-state index in [9.17, 15) is 15.0 Å². The Kier molecular flexibility index (Phi) is 8.03. The number of aryl methyl sites for hydroxylation is 1. The lowest BCUT2D eigenvalue weighted by Gasteiger charge is -2.16. The van der Waals surface area contributed by atoms with E-state index >= 15 is 0 Å². The Hall–Kier alpha value is -3.15. The minimum Gasteiger partial charge on any atom is -0.508 e. The lowest BCUT2D eigenvalue weighted by Crippen LogP contribution is -2.13. The second kappa shape index (κ2) is 10.9. The number of phenols is 1. The fourth-order valence-electron chi connectivity index (χ4n) is 3.89. The van der Waals surface area contributed by atoms with E-state index in [0.29, 0.717) is 40.1 Å². The van der Waals surface area contributed by atoms with E-state index < -0.39 is 0 Å². The van der Waals surface area contributed by atoms with E-state index in [-0.39, 0.29) is 17.1 Å². The molecular weight excluding hydrogens is 406 g/mol. The van der Waals surface area contributed by atoms with E-state index in [1.54, 1.807) is 37.4 Å². The van der Waals surface area contributed by atoms with Crippen LogP contribution < -0.4 is 15.0 Å². The number of pyridine rings is 1. The molecule has 172 valence electrons. The van der Waals surface area contributed by atoms with Crippen LogP contribution in [0.25, 0.3) is 10.9 Å². The van der Waals surface area contributed by atoms with Gasteiger partial charge in [-0.1, -0.05) is 39.5 Å². The summed E-state index contributed by atoms with van der Waals surface area (Å²) in [5, 5.41) is 21.3. The number of aromatic nitrogens is 1. The first-order valence-corrected chi connectivity index (χ1v) is 11.4. The molecule has 0 saturated heterocycles. The Bertz CT molecular complexity index is 1120. The zero-order chi connectivity index (χ0) is 23.1. The first kappa shape index (κ1) is 23.5. The molecular formula is C26H33NO5. The number of phenolic OH excluding ortho intramolecular Hbond substituents is 1. The molecule has 32 heavy (non-hydrogen) atoms. The second-order valence-electron chi connectivity index (χ2n) is 8.14. The first-order valence-electron chi connectivity index (χ1n) is 11.4. The molecule has 0 aliphatic carbocycles. The highest BCUT2D eigenvalue weighted by Gasteiger charge is 2.18. The number of rotatable bonds is 11. The van der Waals surface area contributed by atoms with Crippen LogP contribution in [0, 0.1) is 0 Å². The number of ether oxygens (including phenoxy) is 2. The van der Waals surface area contributed by atoms with Crippen molar-refractivity contribution in [2.75, 3.05) is 7.11 Å². The Balaban J connectivity index is 2.06. The summed E-state index contributed by atoms with van der Waals surface area (Å²) in [6.45, 7) is 4.24. The van der Waals surface area contributed by atoms with Crippen molar-refractivity contribution < 1.29 is 19.7 Å². The number of hydrogen-bond acceptors (Lipinski definition) is 5. The van der Waals surface area contributed by atoms with Crippen molar-refractivity contribution in [1.82, 2.24) is 4.98 Å². The largest absolute Gasteiger partial charge is 0.508 e. The van der Waals surface area contributed by atoms with Crippen molar-refractivity contribution in [3.63, 3.8) is 0 Å². The molecule has 0 aliphatic heterocycles. The molecule has 0 bridgehead atoms. The van der Waals surface area contributed by atoms with E-state index in [4.69, 9.17) is 9.47 Å². The highest BCUT2D eigenvalue weighted by Crippen LogP contribution is 2.39. The van der Waals surface area contributed by atoms with Crippen molar-refractivity contribution in [2.45, 2.75) is 65.2 Å². The molecule has 3 aromatic rings. The standard InChI is InChI=1S/C26H33NO5/c1-4-6-8-10-17-14-18(28)12-13-22(17)32-23-16-19(31-3)15-21-24(23)27-26(30)20(25(21)29)11-9-7-5-2/h12-16,28H,4-11H2,1-3H3,(H2,27,29,30). The molecule has 6 nitrogen and oxygen atoms in total. The second-order valence-corrected chi connectivity index (χ2v) is 8.14. The Morgan fingerprint density at radius 1 is 0.906 bits per heavy atom. The summed E-state index contributed by atoms with van der Waals surface area (Å²) in [6, 6.07) is 8.40. The molecule has 0 amide bonds. The minimum atomic E-state index is -0.310. The third-order valence-corrected chi connectivity index (χ3v) is 5.71. The van der Waals surface area contributed by atoms with Crippen LogP contribution in [0.15, 0.2) is 35.1 Å². The van der Waals surface area contributed by atoms with Gasteiger partial charge >= 0.3 is 0 Å². The van der Waals surface area contributed by atoms with Gasteiger partial charge in [-0.25, -0.2) is 0 Å². The molecule has 0 radical (unpaired) electrons. The van der Waals surface area contributed by atoms with Crippen molar-refractivity contribution in [2.24, 2.45) is 0 Å². The molecule has 0 fully saturated rings. The molecule has 0 unspecified atom stereocenters. The van der Waals surface area contributed by atoms with Crippen LogP contribution in [-0.2, 0) is 12.8 Å². The van der Waals surface area contributed by atoms with Gasteiger partial charge in [-0.3, -0.25) is 4.79 Å².